The molecule has 0 aliphatic carbocycles. The van der Waals surface area contributed by atoms with Crippen molar-refractivity contribution in [3.8, 4) is 0 Å². The first-order chi connectivity index (χ1) is 8.24. The van der Waals surface area contributed by atoms with E-state index in [1.54, 1.807) is 6.08 Å². The van der Waals surface area contributed by atoms with E-state index in [1.165, 1.54) is 0 Å². The minimum Gasteiger partial charge on any atom is -0.380 e. The summed E-state index contributed by atoms with van der Waals surface area (Å²) in [6.45, 7) is 7.52. The predicted octanol–water partition coefficient (Wildman–Crippen LogP) is 4.24. The van der Waals surface area contributed by atoms with Crippen LogP contribution in [0.3, 0.4) is 0 Å². The first-order valence-corrected chi connectivity index (χ1v) is 5.88. The Hall–Kier alpha value is -1.45. The number of benzene rings is 1. The normalized spacial score (nSPS) is 12.7. The van der Waals surface area contributed by atoms with Crippen LogP contribution in [0, 0.1) is 17.5 Å². The van der Waals surface area contributed by atoms with Gasteiger partial charge in [0.1, 0.15) is 17.5 Å². The van der Waals surface area contributed by atoms with Gasteiger partial charge in [-0.1, -0.05) is 13.0 Å². The van der Waals surface area contributed by atoms with E-state index in [-0.39, 0.29) is 11.1 Å². The van der Waals surface area contributed by atoms with Crippen LogP contribution in [-0.4, -0.2) is 5.54 Å². The molecule has 4 heteroatoms. The molecule has 0 saturated carbocycles. The number of halogens is 3. The van der Waals surface area contributed by atoms with E-state index in [9.17, 15) is 13.2 Å². The van der Waals surface area contributed by atoms with Gasteiger partial charge in [0.25, 0.3) is 0 Å². The molecule has 0 spiro atoms. The summed E-state index contributed by atoms with van der Waals surface area (Å²) in [4.78, 5) is 0. The SMILES string of the molecule is CC/C=C(\NC(C)(C)C)c1c(F)cc(F)cc1F. The highest BCUT2D eigenvalue weighted by Gasteiger charge is 2.19. The van der Waals surface area contributed by atoms with Crippen LogP contribution in [0.1, 0.15) is 39.7 Å². The maximum absolute atomic E-state index is 13.7. The standard InChI is InChI=1S/C14H18F3N/c1-5-6-12(18-14(2,3)4)13-10(16)7-9(15)8-11(13)17/h6-8,18H,5H2,1-4H3/b12-6-. The van der Waals surface area contributed by atoms with Crippen LogP contribution >= 0.6 is 0 Å². The number of hydrogen-bond acceptors (Lipinski definition) is 1. The Balaban J connectivity index is 3.27. The molecule has 1 aromatic rings. The summed E-state index contributed by atoms with van der Waals surface area (Å²) in [5.74, 6) is -2.71. The Morgan fingerprint density at radius 3 is 2.06 bits per heavy atom. The lowest BCUT2D eigenvalue weighted by Gasteiger charge is -2.25. The van der Waals surface area contributed by atoms with Crippen molar-refractivity contribution in [2.75, 3.05) is 0 Å². The van der Waals surface area contributed by atoms with Gasteiger partial charge >= 0.3 is 0 Å². The van der Waals surface area contributed by atoms with E-state index < -0.39 is 17.5 Å². The minimum absolute atomic E-state index is 0.215. The second kappa shape index (κ2) is 5.46. The fourth-order valence-corrected chi connectivity index (χ4v) is 1.62. The lowest BCUT2D eigenvalue weighted by atomic mass is 10.0. The lowest BCUT2D eigenvalue weighted by molar-refractivity contribution is 0.491. The maximum atomic E-state index is 13.7. The lowest BCUT2D eigenvalue weighted by Crippen LogP contribution is -2.34. The van der Waals surface area contributed by atoms with Crippen molar-refractivity contribution in [2.24, 2.45) is 0 Å². The Morgan fingerprint density at radius 1 is 1.17 bits per heavy atom. The van der Waals surface area contributed by atoms with Crippen LogP contribution in [0.4, 0.5) is 13.2 Å². The van der Waals surface area contributed by atoms with Crippen LogP contribution in [0.2, 0.25) is 0 Å². The van der Waals surface area contributed by atoms with Gasteiger partial charge in [-0.2, -0.15) is 0 Å². The zero-order valence-electron chi connectivity index (χ0n) is 11.1. The third-order valence-corrected chi connectivity index (χ3v) is 2.19. The van der Waals surface area contributed by atoms with Gasteiger partial charge in [0, 0.05) is 23.4 Å². The topological polar surface area (TPSA) is 12.0 Å². The molecule has 1 N–H and O–H groups in total. The highest BCUT2D eigenvalue weighted by atomic mass is 19.1. The monoisotopic (exact) mass is 257 g/mol. The summed E-state index contributed by atoms with van der Waals surface area (Å²) in [6.07, 6.45) is 2.30. The van der Waals surface area contributed by atoms with Gasteiger partial charge in [-0.15, -0.1) is 0 Å². The van der Waals surface area contributed by atoms with Crippen molar-refractivity contribution in [1.29, 1.82) is 0 Å². The molecule has 18 heavy (non-hydrogen) atoms. The van der Waals surface area contributed by atoms with Crippen molar-refractivity contribution in [3.63, 3.8) is 0 Å². The fourth-order valence-electron chi connectivity index (χ4n) is 1.62. The maximum Gasteiger partial charge on any atom is 0.138 e. The number of hydrogen-bond donors (Lipinski definition) is 1. The molecule has 1 aromatic carbocycles. The molecule has 0 bridgehead atoms. The molecule has 0 aliphatic heterocycles. The molecule has 0 amide bonds. The molecule has 100 valence electrons. The van der Waals surface area contributed by atoms with Crippen LogP contribution < -0.4 is 5.32 Å². The summed E-state index contributed by atoms with van der Waals surface area (Å²) < 4.78 is 40.3. The third-order valence-electron chi connectivity index (χ3n) is 2.19. The van der Waals surface area contributed by atoms with E-state index in [1.807, 2.05) is 27.7 Å². The number of nitrogens with one attached hydrogen (secondary N) is 1. The molecule has 1 rings (SSSR count). The molecule has 0 aliphatic rings. The van der Waals surface area contributed by atoms with Gasteiger partial charge in [-0.3, -0.25) is 0 Å². The van der Waals surface area contributed by atoms with Gasteiger partial charge in [0.05, 0.1) is 5.56 Å². The van der Waals surface area contributed by atoms with Gasteiger partial charge in [-0.05, 0) is 27.2 Å². The Morgan fingerprint density at radius 2 is 1.67 bits per heavy atom. The smallest absolute Gasteiger partial charge is 0.138 e. The van der Waals surface area contributed by atoms with Gasteiger partial charge in [0.15, 0.2) is 0 Å². The van der Waals surface area contributed by atoms with Crippen molar-refractivity contribution in [1.82, 2.24) is 5.32 Å². The molecule has 1 nitrogen and oxygen atoms in total. The summed E-state index contributed by atoms with van der Waals surface area (Å²) >= 11 is 0. The molecule has 0 atom stereocenters. The van der Waals surface area contributed by atoms with Gasteiger partial charge in [-0.25, -0.2) is 13.2 Å². The van der Waals surface area contributed by atoms with Crippen molar-refractivity contribution >= 4 is 5.70 Å². The zero-order chi connectivity index (χ0) is 13.9. The quantitative estimate of drug-likeness (QED) is 0.853. The Kier molecular flexibility index (Phi) is 4.43. The third kappa shape index (κ3) is 3.79. The van der Waals surface area contributed by atoms with E-state index in [2.05, 4.69) is 5.32 Å². The van der Waals surface area contributed by atoms with E-state index in [0.29, 0.717) is 24.3 Å². The van der Waals surface area contributed by atoms with Crippen molar-refractivity contribution < 1.29 is 13.2 Å². The van der Waals surface area contributed by atoms with Crippen LogP contribution in [0.15, 0.2) is 18.2 Å². The first-order valence-electron chi connectivity index (χ1n) is 5.88. The second-order valence-electron chi connectivity index (χ2n) is 5.15. The second-order valence-corrected chi connectivity index (χ2v) is 5.15. The Bertz CT molecular complexity index is 436. The largest absolute Gasteiger partial charge is 0.380 e. The number of allylic oxidation sites excluding steroid dienone is 1. The van der Waals surface area contributed by atoms with E-state index in [0.717, 1.165) is 0 Å². The molecule has 0 unspecified atom stereocenters. The molecule has 0 fully saturated rings. The van der Waals surface area contributed by atoms with Crippen LogP contribution in [0.5, 0.6) is 0 Å². The molecular weight excluding hydrogens is 239 g/mol. The average Bonchev–Trinajstić information content (AvgIpc) is 2.13. The zero-order valence-corrected chi connectivity index (χ0v) is 11.1. The number of rotatable bonds is 3. The summed E-state index contributed by atoms with van der Waals surface area (Å²) in [5, 5.41) is 3.03. The van der Waals surface area contributed by atoms with Crippen molar-refractivity contribution in [3.05, 3.63) is 41.2 Å². The highest BCUT2D eigenvalue weighted by Crippen LogP contribution is 2.23. The molecule has 0 saturated heterocycles. The van der Waals surface area contributed by atoms with E-state index in [4.69, 9.17) is 0 Å². The average molecular weight is 257 g/mol. The van der Waals surface area contributed by atoms with Gasteiger partial charge in [0.2, 0.25) is 0 Å². The van der Waals surface area contributed by atoms with Crippen molar-refractivity contribution in [2.45, 2.75) is 39.7 Å². The molecular formula is C14H18F3N. The molecule has 0 heterocycles. The highest BCUT2D eigenvalue weighted by molar-refractivity contribution is 5.65. The first kappa shape index (κ1) is 14.6. The van der Waals surface area contributed by atoms with E-state index >= 15 is 0 Å². The summed E-state index contributed by atoms with van der Waals surface area (Å²) in [5.41, 5.74) is -0.206. The molecule has 0 radical (unpaired) electrons. The molecule has 0 aromatic heterocycles. The predicted molar refractivity (Wildman–Crippen MR) is 67.5 cm³/mol. The van der Waals surface area contributed by atoms with Crippen LogP contribution in [-0.2, 0) is 0 Å². The summed E-state index contributed by atoms with van der Waals surface area (Å²) in [6, 6.07) is 1.37. The minimum atomic E-state index is -0.916. The van der Waals surface area contributed by atoms with Crippen LogP contribution in [0.25, 0.3) is 5.70 Å². The Labute approximate surface area is 106 Å². The fraction of sp³-hybridized carbons (Fsp3) is 0.429. The van der Waals surface area contributed by atoms with Gasteiger partial charge < -0.3 is 5.32 Å². The summed E-state index contributed by atoms with van der Waals surface area (Å²) in [7, 11) is 0.